The zero-order chi connectivity index (χ0) is 24.1. The fourth-order valence-electron chi connectivity index (χ4n) is 3.11. The second-order valence-electron chi connectivity index (χ2n) is 7.24. The van der Waals surface area contributed by atoms with Crippen LogP contribution in [0.1, 0.15) is 18.9 Å². The second-order valence-corrected chi connectivity index (χ2v) is 10.1. The smallest absolute Gasteiger partial charge is 0.283 e. The van der Waals surface area contributed by atoms with Crippen molar-refractivity contribution < 1.29 is 22.7 Å². The molecule has 2 aromatic rings. The monoisotopic (exact) mass is 498 g/mol. The Hall–Kier alpha value is -3.44. The molecule has 4 rings (SSSR count). The lowest BCUT2D eigenvalue weighted by Crippen LogP contribution is -2.45. The minimum absolute atomic E-state index is 0.0167. The van der Waals surface area contributed by atoms with Crippen LogP contribution in [0.25, 0.3) is 6.08 Å². The molecule has 2 heterocycles. The van der Waals surface area contributed by atoms with Gasteiger partial charge in [-0.3, -0.25) is 10.2 Å². The van der Waals surface area contributed by atoms with Gasteiger partial charge < -0.3 is 9.47 Å². The summed E-state index contributed by atoms with van der Waals surface area (Å²) in [6, 6.07) is 16.6. The first-order valence-electron chi connectivity index (χ1n) is 10.5. The summed E-state index contributed by atoms with van der Waals surface area (Å²) in [5, 5.41) is 8.23. The second kappa shape index (κ2) is 10.2. The molecule has 0 atom stereocenters. The molecule has 1 N–H and O–H groups in total. The molecule has 0 bridgehead atoms. The molecule has 1 amide bonds. The molecule has 176 valence electrons. The summed E-state index contributed by atoms with van der Waals surface area (Å²) < 4.78 is 39.9. The van der Waals surface area contributed by atoms with Crippen LogP contribution in [-0.4, -0.2) is 54.4 Å². The molecular weight excluding hydrogens is 476 g/mol. The summed E-state index contributed by atoms with van der Waals surface area (Å²) in [5.74, 6) is 0.419. The number of amides is 1. The van der Waals surface area contributed by atoms with Crippen molar-refractivity contribution in [1.29, 1.82) is 5.41 Å². The highest BCUT2D eigenvalue weighted by atomic mass is 32.2. The van der Waals surface area contributed by atoms with E-state index in [0.29, 0.717) is 30.9 Å². The van der Waals surface area contributed by atoms with Crippen molar-refractivity contribution in [2.24, 2.45) is 9.39 Å². The van der Waals surface area contributed by atoms with Gasteiger partial charge in [0, 0.05) is 6.42 Å². The maximum Gasteiger partial charge on any atom is 0.283 e. The summed E-state index contributed by atoms with van der Waals surface area (Å²) in [6.45, 7) is 2.51. The van der Waals surface area contributed by atoms with Crippen molar-refractivity contribution in [3.63, 3.8) is 0 Å². The van der Waals surface area contributed by atoms with Crippen LogP contribution in [0.5, 0.6) is 11.5 Å². The Bertz CT molecular complexity index is 1290. The molecular formula is C23H22N4O5S2. The average Bonchev–Trinajstić information content (AvgIpc) is 3.28. The van der Waals surface area contributed by atoms with Gasteiger partial charge in [0.15, 0.2) is 0 Å². The predicted molar refractivity (Wildman–Crippen MR) is 133 cm³/mol. The number of nitrogens with one attached hydrogen (secondary N) is 1. The van der Waals surface area contributed by atoms with E-state index in [9.17, 15) is 13.2 Å². The quantitative estimate of drug-likeness (QED) is 0.336. The fraction of sp³-hybridized carbons (Fsp3) is 0.217. The Labute approximate surface area is 201 Å². The average molecular weight is 499 g/mol. The van der Waals surface area contributed by atoms with Crippen molar-refractivity contribution in [2.75, 3.05) is 19.0 Å². The SMILES string of the molecule is CCS(=O)(=O)C1=NSC2=NC(=O)/C(=C\c3ccc(OCCCOc4ccccc4)cc3)C(=N)N21. The number of nitrogens with zero attached hydrogens (tertiary/aromatic N) is 3. The van der Waals surface area contributed by atoms with E-state index in [1.807, 2.05) is 30.3 Å². The summed E-state index contributed by atoms with van der Waals surface area (Å²) >= 11 is 0.774. The number of aliphatic imine (C=N–C) groups is 1. The Morgan fingerprint density at radius 3 is 2.32 bits per heavy atom. The van der Waals surface area contributed by atoms with Gasteiger partial charge in [-0.05, 0) is 35.9 Å². The molecule has 0 unspecified atom stereocenters. The topological polar surface area (TPSA) is 121 Å². The number of hydrogen-bond donors (Lipinski definition) is 1. The fourth-order valence-corrected chi connectivity index (χ4v) is 5.07. The summed E-state index contributed by atoms with van der Waals surface area (Å²) in [6.07, 6.45) is 2.21. The van der Waals surface area contributed by atoms with Gasteiger partial charge in [0.05, 0.1) is 36.5 Å². The van der Waals surface area contributed by atoms with Crippen molar-refractivity contribution in [3.8, 4) is 11.5 Å². The van der Waals surface area contributed by atoms with E-state index in [-0.39, 0.29) is 27.5 Å². The maximum absolute atomic E-state index is 12.5. The molecule has 0 radical (unpaired) electrons. The summed E-state index contributed by atoms with van der Waals surface area (Å²) in [5.41, 5.74) is 0.632. The van der Waals surface area contributed by atoms with Crippen LogP contribution in [0.4, 0.5) is 0 Å². The van der Waals surface area contributed by atoms with Crippen molar-refractivity contribution in [2.45, 2.75) is 13.3 Å². The lowest BCUT2D eigenvalue weighted by Gasteiger charge is -2.24. The molecule has 11 heteroatoms. The van der Waals surface area contributed by atoms with Crippen LogP contribution in [0.2, 0.25) is 0 Å². The Balaban J connectivity index is 1.38. The molecule has 2 aliphatic heterocycles. The number of para-hydroxylation sites is 1. The number of carbonyl (C=O) groups is 1. The van der Waals surface area contributed by atoms with E-state index in [1.165, 1.54) is 13.0 Å². The molecule has 34 heavy (non-hydrogen) atoms. The standard InChI is InChI=1S/C23H22N4O5S2/c1-2-34(29,30)23-26-33-22-25-21(28)19(20(24)27(22)23)15-16-9-11-18(12-10-16)32-14-6-13-31-17-7-4-3-5-8-17/h3-5,7-12,15,24H,2,6,13-14H2,1H3/b19-15-,24-20?. The number of amidine groups is 3. The minimum atomic E-state index is -3.68. The predicted octanol–water partition coefficient (Wildman–Crippen LogP) is 3.55. The first-order chi connectivity index (χ1) is 16.4. The highest BCUT2D eigenvalue weighted by molar-refractivity contribution is 8.16. The number of fused-ring (bicyclic) bond motifs is 1. The number of rotatable bonds is 8. The highest BCUT2D eigenvalue weighted by Crippen LogP contribution is 2.30. The zero-order valence-electron chi connectivity index (χ0n) is 18.3. The van der Waals surface area contributed by atoms with Crippen LogP contribution in [0.3, 0.4) is 0 Å². The van der Waals surface area contributed by atoms with Crippen LogP contribution < -0.4 is 9.47 Å². The molecule has 2 aromatic carbocycles. The van der Waals surface area contributed by atoms with E-state index in [0.717, 1.165) is 22.6 Å². The Kier molecular flexibility index (Phi) is 7.13. The first kappa shape index (κ1) is 23.7. The van der Waals surface area contributed by atoms with Crippen molar-refractivity contribution in [1.82, 2.24) is 4.90 Å². The lowest BCUT2D eigenvalue weighted by molar-refractivity contribution is -0.114. The molecule has 0 aromatic heterocycles. The van der Waals surface area contributed by atoms with Gasteiger partial charge in [0.1, 0.15) is 17.3 Å². The largest absolute Gasteiger partial charge is 0.493 e. The van der Waals surface area contributed by atoms with Crippen LogP contribution in [0.15, 0.2) is 69.6 Å². The number of hydrogen-bond acceptors (Lipinski definition) is 8. The molecule has 0 saturated carbocycles. The van der Waals surface area contributed by atoms with Gasteiger partial charge in [-0.15, -0.1) is 0 Å². The third kappa shape index (κ3) is 5.20. The van der Waals surface area contributed by atoms with Crippen LogP contribution >= 0.6 is 11.9 Å². The van der Waals surface area contributed by atoms with Gasteiger partial charge in [0.2, 0.25) is 20.2 Å². The third-order valence-electron chi connectivity index (χ3n) is 4.91. The molecule has 2 aliphatic rings. The van der Waals surface area contributed by atoms with E-state index < -0.39 is 15.7 Å². The van der Waals surface area contributed by atoms with Gasteiger partial charge in [-0.2, -0.15) is 9.39 Å². The van der Waals surface area contributed by atoms with Gasteiger partial charge in [-0.25, -0.2) is 13.3 Å². The number of sulfone groups is 1. The van der Waals surface area contributed by atoms with Crippen LogP contribution in [-0.2, 0) is 14.6 Å². The summed E-state index contributed by atoms with van der Waals surface area (Å²) in [7, 11) is -3.68. The Morgan fingerprint density at radius 2 is 1.68 bits per heavy atom. The van der Waals surface area contributed by atoms with E-state index in [2.05, 4.69) is 9.39 Å². The summed E-state index contributed by atoms with van der Waals surface area (Å²) in [4.78, 5) is 17.5. The maximum atomic E-state index is 12.5. The van der Waals surface area contributed by atoms with Gasteiger partial charge in [0.25, 0.3) is 5.91 Å². The number of ether oxygens (including phenoxy) is 2. The number of carbonyl (C=O) groups excluding carboxylic acids is 1. The van der Waals surface area contributed by atoms with E-state index in [4.69, 9.17) is 14.9 Å². The van der Waals surface area contributed by atoms with E-state index in [1.54, 1.807) is 24.3 Å². The lowest BCUT2D eigenvalue weighted by atomic mass is 10.1. The van der Waals surface area contributed by atoms with Gasteiger partial charge >= 0.3 is 0 Å². The number of benzene rings is 2. The van der Waals surface area contributed by atoms with E-state index >= 15 is 0 Å². The zero-order valence-corrected chi connectivity index (χ0v) is 19.9. The third-order valence-corrected chi connectivity index (χ3v) is 7.32. The van der Waals surface area contributed by atoms with Crippen LogP contribution in [0, 0.1) is 5.41 Å². The Morgan fingerprint density at radius 1 is 1.03 bits per heavy atom. The molecule has 0 saturated heterocycles. The first-order valence-corrected chi connectivity index (χ1v) is 12.9. The normalized spacial score (nSPS) is 16.9. The van der Waals surface area contributed by atoms with Crippen molar-refractivity contribution in [3.05, 3.63) is 65.7 Å². The molecule has 9 nitrogen and oxygen atoms in total. The van der Waals surface area contributed by atoms with Gasteiger partial charge in [-0.1, -0.05) is 37.3 Å². The highest BCUT2D eigenvalue weighted by Gasteiger charge is 2.42. The minimum Gasteiger partial charge on any atom is -0.493 e. The molecule has 0 spiro atoms. The molecule has 0 fully saturated rings. The molecule has 0 aliphatic carbocycles. The van der Waals surface area contributed by atoms with Crippen molar-refractivity contribution >= 4 is 49.9 Å².